The molecule has 0 aliphatic heterocycles. The van der Waals surface area contributed by atoms with Crippen LogP contribution in [-0.2, 0) is 0 Å². The van der Waals surface area contributed by atoms with Crippen LogP contribution in [-0.4, -0.2) is 9.91 Å². The monoisotopic (exact) mass is 235 g/mol. The van der Waals surface area contributed by atoms with Crippen LogP contribution in [0.1, 0.15) is 5.01 Å². The molecule has 0 atom stereocenters. The van der Waals surface area contributed by atoms with Gasteiger partial charge in [-0.15, -0.1) is 11.3 Å². The number of thiazole rings is 1. The third-order valence-electron chi connectivity index (χ3n) is 1.94. The maximum absolute atomic E-state index is 10.8. The first kappa shape index (κ1) is 10.3. The van der Waals surface area contributed by atoms with Gasteiger partial charge in [-0.25, -0.2) is 4.98 Å². The predicted octanol–water partition coefficient (Wildman–Crippen LogP) is 3.45. The van der Waals surface area contributed by atoms with Crippen molar-refractivity contribution in [2.24, 2.45) is 5.11 Å². The Kier molecular flexibility index (Phi) is 2.43. The summed E-state index contributed by atoms with van der Waals surface area (Å²) in [4.78, 5) is 16.9. The largest absolute Gasteiger partial charge is 0.280 e. The molecule has 0 fully saturated rings. The van der Waals surface area contributed by atoms with Crippen LogP contribution in [0.3, 0.4) is 0 Å². The van der Waals surface area contributed by atoms with Crippen LogP contribution in [0.15, 0.2) is 17.2 Å². The lowest BCUT2D eigenvalue weighted by Gasteiger charge is -1.95. The van der Waals surface area contributed by atoms with Gasteiger partial charge in [0.25, 0.3) is 5.69 Å². The van der Waals surface area contributed by atoms with Gasteiger partial charge in [0.15, 0.2) is 0 Å². The highest BCUT2D eigenvalue weighted by Crippen LogP contribution is 2.34. The first-order valence-corrected chi connectivity index (χ1v) is 5.04. The second-order valence-electron chi connectivity index (χ2n) is 2.99. The molecule has 0 unspecified atom stereocenters. The van der Waals surface area contributed by atoms with Crippen molar-refractivity contribution < 1.29 is 4.92 Å². The summed E-state index contributed by atoms with van der Waals surface area (Å²) in [5.41, 5.74) is 8.72. The summed E-state index contributed by atoms with van der Waals surface area (Å²) in [6.07, 6.45) is 0. The molecule has 0 amide bonds. The Labute approximate surface area is 93.1 Å². The minimum Gasteiger partial charge on any atom is -0.258 e. The number of hydrogen-bond acceptors (Lipinski definition) is 5. The smallest absolute Gasteiger partial charge is 0.258 e. The quantitative estimate of drug-likeness (QED) is 0.261. The molecule has 0 saturated heterocycles. The van der Waals surface area contributed by atoms with Crippen molar-refractivity contribution in [3.05, 3.63) is 37.7 Å². The molecule has 80 valence electrons. The van der Waals surface area contributed by atoms with Gasteiger partial charge in [-0.05, 0) is 18.5 Å². The van der Waals surface area contributed by atoms with Crippen LogP contribution in [0.4, 0.5) is 11.4 Å². The first-order chi connectivity index (χ1) is 7.61. The van der Waals surface area contributed by atoms with E-state index in [9.17, 15) is 10.1 Å². The highest BCUT2D eigenvalue weighted by atomic mass is 32.1. The normalized spacial score (nSPS) is 10.1. The van der Waals surface area contributed by atoms with Crippen LogP contribution >= 0.6 is 11.3 Å². The van der Waals surface area contributed by atoms with E-state index in [1.165, 1.54) is 23.5 Å². The zero-order chi connectivity index (χ0) is 11.7. The Morgan fingerprint density at radius 1 is 1.62 bits per heavy atom. The number of aryl methyl sites for hydroxylation is 1. The molecular weight excluding hydrogens is 230 g/mol. The molecule has 0 radical (unpaired) electrons. The van der Waals surface area contributed by atoms with Gasteiger partial charge in [0.2, 0.25) is 0 Å². The summed E-state index contributed by atoms with van der Waals surface area (Å²) in [5, 5.41) is 14.9. The fraction of sp³-hybridized carbons (Fsp3) is 0.125. The molecule has 0 N–H and O–H groups in total. The lowest BCUT2D eigenvalue weighted by molar-refractivity contribution is -0.383. The lowest BCUT2D eigenvalue weighted by Crippen LogP contribution is -1.87. The van der Waals surface area contributed by atoms with E-state index in [0.717, 1.165) is 5.01 Å². The van der Waals surface area contributed by atoms with E-state index in [-0.39, 0.29) is 11.4 Å². The van der Waals surface area contributed by atoms with Gasteiger partial charge in [0.05, 0.1) is 20.1 Å². The molecule has 16 heavy (non-hydrogen) atoms. The zero-order valence-corrected chi connectivity index (χ0v) is 8.93. The zero-order valence-electron chi connectivity index (χ0n) is 8.12. The fourth-order valence-electron chi connectivity index (χ4n) is 1.34. The van der Waals surface area contributed by atoms with Gasteiger partial charge in [0, 0.05) is 11.0 Å². The average Bonchev–Trinajstić information content (AvgIpc) is 2.56. The number of nitro groups is 1. The third-order valence-corrected chi connectivity index (χ3v) is 2.87. The van der Waals surface area contributed by atoms with E-state index in [1.807, 2.05) is 6.92 Å². The van der Waals surface area contributed by atoms with E-state index in [2.05, 4.69) is 15.0 Å². The molecule has 7 nitrogen and oxygen atoms in total. The molecule has 2 aromatic rings. The summed E-state index contributed by atoms with van der Waals surface area (Å²) in [5.74, 6) is 0. The van der Waals surface area contributed by atoms with E-state index in [1.54, 1.807) is 0 Å². The van der Waals surface area contributed by atoms with Crippen LogP contribution in [0.5, 0.6) is 0 Å². The van der Waals surface area contributed by atoms with E-state index < -0.39 is 4.92 Å². The van der Waals surface area contributed by atoms with Crippen molar-refractivity contribution in [1.29, 1.82) is 0 Å². The van der Waals surface area contributed by atoms with E-state index in [4.69, 9.17) is 5.53 Å². The maximum Gasteiger partial charge on any atom is 0.280 e. The van der Waals surface area contributed by atoms with Gasteiger partial charge in [-0.2, -0.15) is 0 Å². The molecule has 1 aromatic carbocycles. The molecule has 0 aliphatic carbocycles. The highest BCUT2D eigenvalue weighted by Gasteiger charge is 2.15. The van der Waals surface area contributed by atoms with Crippen molar-refractivity contribution in [2.75, 3.05) is 0 Å². The Hall–Kier alpha value is -2.18. The fourth-order valence-corrected chi connectivity index (χ4v) is 2.18. The minimum absolute atomic E-state index is 0.00898. The van der Waals surface area contributed by atoms with Crippen molar-refractivity contribution in [3.63, 3.8) is 0 Å². The average molecular weight is 235 g/mol. The molecule has 0 spiro atoms. The molecule has 0 aliphatic rings. The van der Waals surface area contributed by atoms with Crippen molar-refractivity contribution >= 4 is 32.9 Å². The third kappa shape index (κ3) is 1.67. The molecule has 1 aromatic heterocycles. The Morgan fingerprint density at radius 3 is 3.00 bits per heavy atom. The van der Waals surface area contributed by atoms with Crippen molar-refractivity contribution in [2.45, 2.75) is 6.92 Å². The van der Waals surface area contributed by atoms with Crippen molar-refractivity contribution in [1.82, 2.24) is 4.98 Å². The molecule has 0 saturated carbocycles. The van der Waals surface area contributed by atoms with Crippen molar-refractivity contribution in [3.8, 4) is 0 Å². The summed E-state index contributed by atoms with van der Waals surface area (Å²) in [6, 6.07) is 2.81. The van der Waals surface area contributed by atoms with Crippen LogP contribution in [0, 0.1) is 17.0 Å². The summed E-state index contributed by atoms with van der Waals surface area (Å²) < 4.78 is 0.709. The van der Waals surface area contributed by atoms with E-state index in [0.29, 0.717) is 10.2 Å². The van der Waals surface area contributed by atoms with Gasteiger partial charge in [-0.3, -0.25) is 10.1 Å². The lowest BCUT2D eigenvalue weighted by atomic mass is 10.2. The predicted molar refractivity (Wildman–Crippen MR) is 59.8 cm³/mol. The molecule has 0 bridgehead atoms. The number of hydrogen-bond donors (Lipinski definition) is 0. The maximum atomic E-state index is 10.8. The highest BCUT2D eigenvalue weighted by molar-refractivity contribution is 7.18. The standard InChI is InChI=1S/C8H5N5O2S/c1-4-10-6-2-5(11-12-9)7(13(14)15)3-8(6)16-4/h2-3H,1H3. The Bertz CT molecular complexity index is 590. The molecule has 1 heterocycles. The minimum atomic E-state index is -0.571. The second-order valence-corrected chi connectivity index (χ2v) is 4.22. The number of aromatic nitrogens is 1. The molecular formula is C8H5N5O2S. The summed E-state index contributed by atoms with van der Waals surface area (Å²) >= 11 is 1.36. The SMILES string of the molecule is Cc1nc2cc(N=[N+]=[N-])c([N+](=O)[O-])cc2s1. The van der Waals surface area contributed by atoms with Crippen LogP contribution in [0.2, 0.25) is 0 Å². The Morgan fingerprint density at radius 2 is 2.38 bits per heavy atom. The number of nitrogens with zero attached hydrogens (tertiary/aromatic N) is 5. The Balaban J connectivity index is 2.79. The molecule has 8 heteroatoms. The van der Waals surface area contributed by atoms with Gasteiger partial charge in [0.1, 0.15) is 5.69 Å². The van der Waals surface area contributed by atoms with Gasteiger partial charge < -0.3 is 0 Å². The van der Waals surface area contributed by atoms with Gasteiger partial charge in [-0.1, -0.05) is 5.11 Å². The first-order valence-electron chi connectivity index (χ1n) is 4.22. The number of azide groups is 1. The summed E-state index contributed by atoms with van der Waals surface area (Å²) in [6.45, 7) is 1.81. The number of nitro benzene ring substituents is 1. The van der Waals surface area contributed by atoms with Crippen LogP contribution < -0.4 is 0 Å². The second kappa shape index (κ2) is 3.76. The van der Waals surface area contributed by atoms with E-state index >= 15 is 0 Å². The topological polar surface area (TPSA) is 105 Å². The number of benzene rings is 1. The van der Waals surface area contributed by atoms with Gasteiger partial charge >= 0.3 is 0 Å². The molecule has 2 rings (SSSR count). The van der Waals surface area contributed by atoms with Crippen LogP contribution in [0.25, 0.3) is 20.7 Å². The number of rotatable bonds is 2. The number of fused-ring (bicyclic) bond motifs is 1. The summed E-state index contributed by atoms with van der Waals surface area (Å²) in [7, 11) is 0.